The summed E-state index contributed by atoms with van der Waals surface area (Å²) >= 11 is 0. The van der Waals surface area contributed by atoms with E-state index in [0.717, 1.165) is 0 Å². The van der Waals surface area contributed by atoms with Gasteiger partial charge >= 0.3 is 0 Å². The third kappa shape index (κ3) is 2.82. The van der Waals surface area contributed by atoms with Crippen LogP contribution in [0.5, 0.6) is 0 Å². The average Bonchev–Trinajstić information content (AvgIpc) is 2.45. The fourth-order valence-electron chi connectivity index (χ4n) is 1.37. The lowest BCUT2D eigenvalue weighted by Gasteiger charge is -2.08. The molecule has 0 radical (unpaired) electrons. The van der Waals surface area contributed by atoms with E-state index >= 15 is 0 Å². The van der Waals surface area contributed by atoms with Gasteiger partial charge in [-0.05, 0) is 34.6 Å². The lowest BCUT2D eigenvalue weighted by Crippen LogP contribution is -2.30. The van der Waals surface area contributed by atoms with Crippen molar-refractivity contribution in [2.75, 3.05) is 0 Å². The summed E-state index contributed by atoms with van der Waals surface area (Å²) in [6.45, 7) is 9.20. The number of rotatable bonds is 4. The highest BCUT2D eigenvalue weighted by Gasteiger charge is 2.21. The monoisotopic (exact) mass is 245 g/mol. The summed E-state index contributed by atoms with van der Waals surface area (Å²) in [7, 11) is -3.44. The van der Waals surface area contributed by atoms with Gasteiger partial charge in [-0.15, -0.1) is 0 Å². The summed E-state index contributed by atoms with van der Waals surface area (Å²) in [6.07, 6.45) is 1.57. The number of nitrogens with zero attached hydrogens (tertiary/aromatic N) is 2. The van der Waals surface area contributed by atoms with E-state index in [2.05, 4.69) is 9.82 Å². The van der Waals surface area contributed by atoms with E-state index in [4.69, 9.17) is 0 Å². The molecule has 1 rings (SSSR count). The van der Waals surface area contributed by atoms with Crippen LogP contribution in [-0.4, -0.2) is 24.2 Å². The van der Waals surface area contributed by atoms with E-state index in [-0.39, 0.29) is 17.0 Å². The minimum Gasteiger partial charge on any atom is -0.269 e. The second-order valence-electron chi connectivity index (χ2n) is 4.43. The summed E-state index contributed by atoms with van der Waals surface area (Å²) in [5.41, 5.74) is 0.529. The van der Waals surface area contributed by atoms with Gasteiger partial charge in [-0.1, -0.05) is 0 Å². The summed E-state index contributed by atoms with van der Waals surface area (Å²) in [4.78, 5) is 0.259. The number of hydrogen-bond donors (Lipinski definition) is 1. The molecule has 0 amide bonds. The Hall–Kier alpha value is -0.880. The van der Waals surface area contributed by atoms with E-state index in [0.29, 0.717) is 5.69 Å². The number of hydrogen-bond acceptors (Lipinski definition) is 3. The standard InChI is InChI=1S/C10H19N3O2S/c1-7(2)12-16(14,15)10-6-13(8(3)4)11-9(10)5/h6-8,12H,1-5H3. The maximum absolute atomic E-state index is 11.9. The van der Waals surface area contributed by atoms with Crippen molar-refractivity contribution in [1.29, 1.82) is 0 Å². The summed E-state index contributed by atoms with van der Waals surface area (Å²) in [5.74, 6) is 0. The average molecular weight is 245 g/mol. The molecule has 1 heterocycles. The van der Waals surface area contributed by atoms with Gasteiger partial charge in [0.1, 0.15) is 4.90 Å². The molecule has 16 heavy (non-hydrogen) atoms. The van der Waals surface area contributed by atoms with Crippen LogP contribution in [0.2, 0.25) is 0 Å². The molecule has 0 atom stereocenters. The predicted molar refractivity (Wildman–Crippen MR) is 62.8 cm³/mol. The molecule has 0 spiro atoms. The second kappa shape index (κ2) is 4.55. The molecule has 0 aliphatic carbocycles. The molecular weight excluding hydrogens is 226 g/mol. The fourth-order valence-corrected chi connectivity index (χ4v) is 2.79. The molecule has 0 bridgehead atoms. The van der Waals surface area contributed by atoms with Crippen LogP contribution in [0.25, 0.3) is 0 Å². The largest absolute Gasteiger partial charge is 0.269 e. The summed E-state index contributed by atoms with van der Waals surface area (Å²) in [6, 6.07) is 0.0356. The van der Waals surface area contributed by atoms with Gasteiger partial charge in [0.15, 0.2) is 0 Å². The van der Waals surface area contributed by atoms with Gasteiger partial charge in [0.05, 0.1) is 5.69 Å². The molecule has 0 aliphatic heterocycles. The molecule has 0 aromatic carbocycles. The molecule has 92 valence electrons. The Morgan fingerprint density at radius 2 is 1.88 bits per heavy atom. The Bertz CT molecular complexity index is 460. The third-order valence-electron chi connectivity index (χ3n) is 2.08. The van der Waals surface area contributed by atoms with Gasteiger partial charge in [0.2, 0.25) is 10.0 Å². The molecule has 6 heteroatoms. The van der Waals surface area contributed by atoms with Gasteiger partial charge in [-0.2, -0.15) is 5.10 Å². The molecule has 5 nitrogen and oxygen atoms in total. The Morgan fingerprint density at radius 3 is 2.25 bits per heavy atom. The predicted octanol–water partition coefficient (Wildman–Crippen LogP) is 1.46. The fraction of sp³-hybridized carbons (Fsp3) is 0.700. The highest BCUT2D eigenvalue weighted by atomic mass is 32.2. The van der Waals surface area contributed by atoms with E-state index < -0.39 is 10.0 Å². The van der Waals surface area contributed by atoms with E-state index in [9.17, 15) is 8.42 Å². The van der Waals surface area contributed by atoms with Crippen LogP contribution in [0.1, 0.15) is 39.4 Å². The highest BCUT2D eigenvalue weighted by Crippen LogP contribution is 2.16. The summed E-state index contributed by atoms with van der Waals surface area (Å²) < 4.78 is 28.1. The van der Waals surface area contributed by atoms with Crippen LogP contribution >= 0.6 is 0 Å². The van der Waals surface area contributed by atoms with Crippen LogP contribution in [0, 0.1) is 6.92 Å². The molecule has 0 aliphatic rings. The van der Waals surface area contributed by atoms with Crippen LogP contribution in [-0.2, 0) is 10.0 Å². The number of aryl methyl sites for hydroxylation is 1. The lowest BCUT2D eigenvalue weighted by atomic mass is 10.4. The molecule has 1 aromatic heterocycles. The Balaban J connectivity index is 3.13. The van der Waals surface area contributed by atoms with Crippen LogP contribution < -0.4 is 4.72 Å². The first-order chi connectivity index (χ1) is 7.24. The van der Waals surface area contributed by atoms with Crippen molar-refractivity contribution in [2.24, 2.45) is 0 Å². The Kier molecular flexibility index (Phi) is 3.75. The minimum atomic E-state index is -3.44. The van der Waals surface area contributed by atoms with Gasteiger partial charge in [-0.25, -0.2) is 13.1 Å². The topological polar surface area (TPSA) is 64.0 Å². The smallest absolute Gasteiger partial charge is 0.244 e. The Morgan fingerprint density at radius 1 is 1.31 bits per heavy atom. The van der Waals surface area contributed by atoms with Crippen LogP contribution in [0.15, 0.2) is 11.1 Å². The molecule has 1 aromatic rings. The first kappa shape index (κ1) is 13.2. The highest BCUT2D eigenvalue weighted by molar-refractivity contribution is 7.89. The number of aromatic nitrogens is 2. The molecule has 0 unspecified atom stereocenters. The normalized spacial score (nSPS) is 12.7. The van der Waals surface area contributed by atoms with Gasteiger partial charge < -0.3 is 0 Å². The van der Waals surface area contributed by atoms with Crippen molar-refractivity contribution >= 4 is 10.0 Å². The maximum atomic E-state index is 11.9. The summed E-state index contributed by atoms with van der Waals surface area (Å²) in [5, 5.41) is 4.18. The zero-order valence-electron chi connectivity index (χ0n) is 10.4. The zero-order chi connectivity index (χ0) is 12.5. The van der Waals surface area contributed by atoms with Crippen molar-refractivity contribution in [3.8, 4) is 0 Å². The maximum Gasteiger partial charge on any atom is 0.244 e. The van der Waals surface area contributed by atoms with Crippen molar-refractivity contribution in [2.45, 2.75) is 51.6 Å². The molecule has 1 N–H and O–H groups in total. The van der Waals surface area contributed by atoms with E-state index in [1.165, 1.54) is 0 Å². The van der Waals surface area contributed by atoms with Crippen molar-refractivity contribution in [3.63, 3.8) is 0 Å². The van der Waals surface area contributed by atoms with Gasteiger partial charge in [-0.3, -0.25) is 4.68 Å². The number of nitrogens with one attached hydrogen (secondary N) is 1. The van der Waals surface area contributed by atoms with Crippen molar-refractivity contribution in [1.82, 2.24) is 14.5 Å². The third-order valence-corrected chi connectivity index (χ3v) is 3.84. The zero-order valence-corrected chi connectivity index (χ0v) is 11.2. The SMILES string of the molecule is Cc1nn(C(C)C)cc1S(=O)(=O)NC(C)C. The molecule has 0 saturated carbocycles. The molecular formula is C10H19N3O2S. The minimum absolute atomic E-state index is 0.119. The molecule has 0 fully saturated rings. The quantitative estimate of drug-likeness (QED) is 0.873. The van der Waals surface area contributed by atoms with E-state index in [1.54, 1.807) is 31.6 Å². The van der Waals surface area contributed by atoms with Gasteiger partial charge in [0.25, 0.3) is 0 Å². The van der Waals surface area contributed by atoms with Crippen LogP contribution in [0.3, 0.4) is 0 Å². The van der Waals surface area contributed by atoms with Gasteiger partial charge in [0, 0.05) is 18.3 Å². The lowest BCUT2D eigenvalue weighted by molar-refractivity contribution is 0.528. The van der Waals surface area contributed by atoms with Crippen molar-refractivity contribution < 1.29 is 8.42 Å². The second-order valence-corrected chi connectivity index (χ2v) is 6.11. The number of sulfonamides is 1. The van der Waals surface area contributed by atoms with E-state index in [1.807, 2.05) is 13.8 Å². The Labute approximate surface area is 96.9 Å². The first-order valence-electron chi connectivity index (χ1n) is 5.32. The molecule has 0 saturated heterocycles. The van der Waals surface area contributed by atoms with Crippen molar-refractivity contribution in [3.05, 3.63) is 11.9 Å². The van der Waals surface area contributed by atoms with Crippen LogP contribution in [0.4, 0.5) is 0 Å². The first-order valence-corrected chi connectivity index (χ1v) is 6.80.